The Kier molecular flexibility index (Phi) is 3.42. The van der Waals surface area contributed by atoms with Crippen LogP contribution < -0.4 is 0 Å². The van der Waals surface area contributed by atoms with Gasteiger partial charge in [-0.1, -0.05) is 57.2 Å². The van der Waals surface area contributed by atoms with Crippen molar-refractivity contribution in [2.75, 3.05) is 0 Å². The van der Waals surface area contributed by atoms with Gasteiger partial charge < -0.3 is 5.11 Å². The van der Waals surface area contributed by atoms with Crippen molar-refractivity contribution in [3.63, 3.8) is 0 Å². The van der Waals surface area contributed by atoms with Gasteiger partial charge in [0.25, 0.3) is 0 Å². The Bertz CT molecular complexity index is 524. The molecule has 0 unspecified atom stereocenters. The average Bonchev–Trinajstić information content (AvgIpc) is 2.40. The Morgan fingerprint density at radius 2 is 1.56 bits per heavy atom. The monoisotopic (exact) mass is 240 g/mol. The van der Waals surface area contributed by atoms with E-state index in [1.54, 1.807) is 12.1 Å². The summed E-state index contributed by atoms with van der Waals surface area (Å²) in [6.07, 6.45) is 1.10. The summed E-state index contributed by atoms with van der Waals surface area (Å²) >= 11 is 0. The lowest BCUT2D eigenvalue weighted by atomic mass is 9.78. The van der Waals surface area contributed by atoms with Crippen molar-refractivity contribution in [1.82, 2.24) is 0 Å². The lowest BCUT2D eigenvalue weighted by Gasteiger charge is -2.26. The normalized spacial score (nSPS) is 11.5. The molecule has 0 spiro atoms. The Morgan fingerprint density at radius 1 is 0.944 bits per heavy atom. The molecule has 0 heterocycles. The van der Waals surface area contributed by atoms with Gasteiger partial charge in [0.2, 0.25) is 0 Å². The molecule has 0 fully saturated rings. The van der Waals surface area contributed by atoms with Gasteiger partial charge in [-0.15, -0.1) is 0 Å². The fourth-order valence-corrected chi connectivity index (χ4v) is 2.16. The van der Waals surface area contributed by atoms with Gasteiger partial charge in [-0.25, -0.2) is 0 Å². The van der Waals surface area contributed by atoms with Gasteiger partial charge in [0.15, 0.2) is 0 Å². The second-order valence-corrected chi connectivity index (χ2v) is 5.33. The minimum Gasteiger partial charge on any atom is -0.508 e. The lowest BCUT2D eigenvalue weighted by Crippen LogP contribution is -2.16. The summed E-state index contributed by atoms with van der Waals surface area (Å²) in [6, 6.07) is 15.9. The molecule has 0 aromatic heterocycles. The quantitative estimate of drug-likeness (QED) is 0.821. The molecule has 2 rings (SSSR count). The molecular formula is C17H20O. The molecule has 0 saturated carbocycles. The molecule has 0 saturated heterocycles. The molecule has 2 aromatic rings. The van der Waals surface area contributed by atoms with Gasteiger partial charge in [0.05, 0.1) is 0 Å². The first-order valence-electron chi connectivity index (χ1n) is 6.43. The van der Waals surface area contributed by atoms with E-state index >= 15 is 0 Å². The summed E-state index contributed by atoms with van der Waals surface area (Å²) in [7, 11) is 0. The van der Waals surface area contributed by atoms with E-state index in [1.807, 2.05) is 12.1 Å². The summed E-state index contributed by atoms with van der Waals surface area (Å²) < 4.78 is 0. The van der Waals surface area contributed by atoms with Gasteiger partial charge >= 0.3 is 0 Å². The van der Waals surface area contributed by atoms with E-state index < -0.39 is 0 Å². The Labute approximate surface area is 109 Å². The van der Waals surface area contributed by atoms with Crippen LogP contribution in [0.25, 0.3) is 11.1 Å². The van der Waals surface area contributed by atoms with Crippen molar-refractivity contribution in [2.24, 2.45) is 0 Å². The summed E-state index contributed by atoms with van der Waals surface area (Å²) in [6.45, 7) is 6.76. The molecule has 2 aromatic carbocycles. The highest BCUT2D eigenvalue weighted by Crippen LogP contribution is 2.35. The molecular weight excluding hydrogens is 220 g/mol. The second-order valence-electron chi connectivity index (χ2n) is 5.33. The zero-order valence-corrected chi connectivity index (χ0v) is 11.3. The molecule has 18 heavy (non-hydrogen) atoms. The van der Waals surface area contributed by atoms with E-state index in [0.29, 0.717) is 5.75 Å². The van der Waals surface area contributed by atoms with Crippen molar-refractivity contribution < 1.29 is 5.11 Å². The third-order valence-corrected chi connectivity index (χ3v) is 3.72. The van der Waals surface area contributed by atoms with Gasteiger partial charge in [0, 0.05) is 0 Å². The zero-order valence-electron chi connectivity index (χ0n) is 11.3. The summed E-state index contributed by atoms with van der Waals surface area (Å²) in [4.78, 5) is 0. The largest absolute Gasteiger partial charge is 0.508 e. The third kappa shape index (κ3) is 2.40. The third-order valence-electron chi connectivity index (χ3n) is 3.72. The number of aromatic hydroxyl groups is 1. The Hall–Kier alpha value is -1.76. The van der Waals surface area contributed by atoms with Gasteiger partial charge in [-0.3, -0.25) is 0 Å². The molecule has 0 amide bonds. The van der Waals surface area contributed by atoms with Crippen molar-refractivity contribution >= 4 is 0 Å². The van der Waals surface area contributed by atoms with Gasteiger partial charge in [-0.05, 0) is 40.7 Å². The first kappa shape index (κ1) is 12.7. The molecule has 0 aliphatic carbocycles. The van der Waals surface area contributed by atoms with Crippen molar-refractivity contribution in [1.29, 1.82) is 0 Å². The first-order chi connectivity index (χ1) is 8.54. The molecule has 1 nitrogen and oxygen atoms in total. The maximum absolute atomic E-state index is 9.38. The van der Waals surface area contributed by atoms with Crippen LogP contribution >= 0.6 is 0 Å². The number of phenols is 1. The van der Waals surface area contributed by atoms with E-state index in [1.165, 1.54) is 11.1 Å². The van der Waals surface area contributed by atoms with Crippen LogP contribution in [0.3, 0.4) is 0 Å². The molecule has 94 valence electrons. The van der Waals surface area contributed by atoms with E-state index in [9.17, 15) is 5.11 Å². The predicted molar refractivity (Wildman–Crippen MR) is 76.9 cm³/mol. The van der Waals surface area contributed by atoms with Crippen LogP contribution in [0.4, 0.5) is 0 Å². The maximum Gasteiger partial charge on any atom is 0.115 e. The van der Waals surface area contributed by atoms with Crippen LogP contribution in [0.1, 0.15) is 32.8 Å². The van der Waals surface area contributed by atoms with E-state index in [2.05, 4.69) is 45.0 Å². The SMILES string of the molecule is CCC(C)(C)c1ccccc1-c1ccc(O)cc1. The predicted octanol–water partition coefficient (Wildman–Crippen LogP) is 4.75. The fourth-order valence-electron chi connectivity index (χ4n) is 2.16. The highest BCUT2D eigenvalue weighted by molar-refractivity contribution is 5.69. The molecule has 0 aliphatic rings. The average molecular weight is 240 g/mol. The molecule has 0 aliphatic heterocycles. The van der Waals surface area contributed by atoms with Crippen LogP contribution in [0.5, 0.6) is 5.75 Å². The highest BCUT2D eigenvalue weighted by atomic mass is 16.3. The number of hydrogen-bond donors (Lipinski definition) is 1. The van der Waals surface area contributed by atoms with Crippen LogP contribution in [0.15, 0.2) is 48.5 Å². The molecule has 0 radical (unpaired) electrons. The van der Waals surface area contributed by atoms with E-state index in [-0.39, 0.29) is 5.41 Å². The fraction of sp³-hybridized carbons (Fsp3) is 0.294. The minimum atomic E-state index is 0.161. The van der Waals surface area contributed by atoms with Crippen molar-refractivity contribution in [3.05, 3.63) is 54.1 Å². The van der Waals surface area contributed by atoms with Crippen LogP contribution in [-0.2, 0) is 5.41 Å². The van der Waals surface area contributed by atoms with Gasteiger partial charge in [-0.2, -0.15) is 0 Å². The highest BCUT2D eigenvalue weighted by Gasteiger charge is 2.21. The second kappa shape index (κ2) is 4.85. The van der Waals surface area contributed by atoms with Crippen LogP contribution in [-0.4, -0.2) is 5.11 Å². The number of hydrogen-bond acceptors (Lipinski definition) is 1. The van der Waals surface area contributed by atoms with Crippen molar-refractivity contribution in [2.45, 2.75) is 32.6 Å². The van der Waals surface area contributed by atoms with E-state index in [0.717, 1.165) is 12.0 Å². The first-order valence-corrected chi connectivity index (χ1v) is 6.43. The smallest absolute Gasteiger partial charge is 0.115 e. The van der Waals surface area contributed by atoms with Crippen LogP contribution in [0, 0.1) is 0 Å². The summed E-state index contributed by atoms with van der Waals surface area (Å²) in [5.74, 6) is 0.311. The zero-order chi connectivity index (χ0) is 13.2. The maximum atomic E-state index is 9.38. The topological polar surface area (TPSA) is 20.2 Å². The molecule has 1 N–H and O–H groups in total. The summed E-state index contributed by atoms with van der Waals surface area (Å²) in [5, 5.41) is 9.38. The Balaban J connectivity index is 2.55. The minimum absolute atomic E-state index is 0.161. The van der Waals surface area contributed by atoms with Gasteiger partial charge in [0.1, 0.15) is 5.75 Å². The number of rotatable bonds is 3. The standard InChI is InChI=1S/C17H20O/c1-4-17(2,3)16-8-6-5-7-15(16)13-9-11-14(18)12-10-13/h5-12,18H,4H2,1-3H3. The summed E-state index contributed by atoms with van der Waals surface area (Å²) in [5.41, 5.74) is 3.93. The van der Waals surface area contributed by atoms with Crippen molar-refractivity contribution in [3.8, 4) is 16.9 Å². The molecule has 0 bridgehead atoms. The number of benzene rings is 2. The van der Waals surface area contributed by atoms with Crippen LogP contribution in [0.2, 0.25) is 0 Å². The van der Waals surface area contributed by atoms with E-state index in [4.69, 9.17) is 0 Å². The number of phenolic OH excluding ortho intramolecular Hbond substituents is 1. The molecule has 1 heteroatoms. The lowest BCUT2D eigenvalue weighted by molar-refractivity contribution is 0.475. The molecule has 0 atom stereocenters. The Morgan fingerprint density at radius 3 is 2.17 bits per heavy atom.